The van der Waals surface area contributed by atoms with Crippen LogP contribution in [0.15, 0.2) is 12.2 Å². The van der Waals surface area contributed by atoms with Crippen LogP contribution in [0.25, 0.3) is 0 Å². The number of hydrogen-bond donors (Lipinski definition) is 0. The Labute approximate surface area is 52.3 Å². The van der Waals surface area contributed by atoms with Crippen molar-refractivity contribution in [2.45, 2.75) is 18.9 Å². The van der Waals surface area contributed by atoms with Crippen LogP contribution in [0.4, 0.5) is 8.78 Å². The molecule has 0 aromatic carbocycles. The molecular weight excluding hydrogens is 126 g/mol. The van der Waals surface area contributed by atoms with Crippen LogP contribution < -0.4 is 0 Å². The molecule has 0 saturated carbocycles. The van der Waals surface area contributed by atoms with E-state index in [1.165, 1.54) is 0 Å². The SMILES string of the molecule is FC(F)=CC1CCCO1. The average molecular weight is 134 g/mol. The Morgan fingerprint density at radius 2 is 2.33 bits per heavy atom. The van der Waals surface area contributed by atoms with Crippen LogP contribution in [-0.2, 0) is 4.74 Å². The van der Waals surface area contributed by atoms with E-state index in [1.807, 2.05) is 0 Å². The first-order valence-electron chi connectivity index (χ1n) is 2.93. The van der Waals surface area contributed by atoms with Gasteiger partial charge in [0.15, 0.2) is 0 Å². The Morgan fingerprint density at radius 1 is 1.56 bits per heavy atom. The van der Waals surface area contributed by atoms with Crippen molar-refractivity contribution in [2.75, 3.05) is 6.61 Å². The number of ether oxygens (including phenoxy) is 1. The lowest BCUT2D eigenvalue weighted by molar-refractivity contribution is 0.141. The summed E-state index contributed by atoms with van der Waals surface area (Å²) >= 11 is 0. The third-order valence-electron chi connectivity index (χ3n) is 1.28. The van der Waals surface area contributed by atoms with E-state index in [0.717, 1.165) is 18.9 Å². The molecule has 1 fully saturated rings. The lowest BCUT2D eigenvalue weighted by atomic mass is 10.2. The van der Waals surface area contributed by atoms with Gasteiger partial charge < -0.3 is 4.74 Å². The summed E-state index contributed by atoms with van der Waals surface area (Å²) in [6.07, 6.45) is 0.538. The third-order valence-corrected chi connectivity index (χ3v) is 1.28. The second kappa shape index (κ2) is 2.92. The topological polar surface area (TPSA) is 9.23 Å². The van der Waals surface area contributed by atoms with Crippen molar-refractivity contribution in [3.63, 3.8) is 0 Å². The van der Waals surface area contributed by atoms with Crippen LogP contribution in [0.5, 0.6) is 0 Å². The highest BCUT2D eigenvalue weighted by Gasteiger charge is 2.13. The van der Waals surface area contributed by atoms with Gasteiger partial charge in [-0.05, 0) is 12.8 Å². The second-order valence-corrected chi connectivity index (χ2v) is 2.01. The first-order chi connectivity index (χ1) is 4.29. The fraction of sp³-hybridized carbons (Fsp3) is 0.667. The molecule has 1 unspecified atom stereocenters. The first kappa shape index (κ1) is 6.68. The fourth-order valence-electron chi connectivity index (χ4n) is 0.875. The van der Waals surface area contributed by atoms with Crippen LogP contribution in [0.1, 0.15) is 12.8 Å². The van der Waals surface area contributed by atoms with Crippen molar-refractivity contribution < 1.29 is 13.5 Å². The van der Waals surface area contributed by atoms with Gasteiger partial charge in [-0.15, -0.1) is 0 Å². The summed E-state index contributed by atoms with van der Waals surface area (Å²) in [6.45, 7) is 0.619. The summed E-state index contributed by atoms with van der Waals surface area (Å²) in [5, 5.41) is 0. The summed E-state index contributed by atoms with van der Waals surface area (Å²) in [5.41, 5.74) is 0. The monoisotopic (exact) mass is 134 g/mol. The van der Waals surface area contributed by atoms with Crippen LogP contribution in [0, 0.1) is 0 Å². The normalized spacial score (nSPS) is 26.2. The van der Waals surface area contributed by atoms with Crippen LogP contribution in [0.3, 0.4) is 0 Å². The van der Waals surface area contributed by atoms with Crippen molar-refractivity contribution in [1.82, 2.24) is 0 Å². The molecule has 0 aromatic rings. The summed E-state index contributed by atoms with van der Waals surface area (Å²) in [4.78, 5) is 0. The predicted molar refractivity (Wildman–Crippen MR) is 29.3 cm³/mol. The van der Waals surface area contributed by atoms with Gasteiger partial charge in [0.1, 0.15) is 0 Å². The minimum Gasteiger partial charge on any atom is -0.374 e. The number of hydrogen-bond acceptors (Lipinski definition) is 1. The zero-order valence-corrected chi connectivity index (χ0v) is 4.94. The van der Waals surface area contributed by atoms with Gasteiger partial charge in [-0.25, -0.2) is 0 Å². The van der Waals surface area contributed by atoms with Crippen LogP contribution >= 0.6 is 0 Å². The lowest BCUT2D eigenvalue weighted by Crippen LogP contribution is -1.98. The van der Waals surface area contributed by atoms with Gasteiger partial charge in [0, 0.05) is 12.7 Å². The first-order valence-corrected chi connectivity index (χ1v) is 2.93. The quantitative estimate of drug-likeness (QED) is 0.532. The maximum absolute atomic E-state index is 11.5. The van der Waals surface area contributed by atoms with Gasteiger partial charge in [0.25, 0.3) is 6.08 Å². The summed E-state index contributed by atoms with van der Waals surface area (Å²) in [5.74, 6) is 0. The number of rotatable bonds is 1. The molecule has 1 nitrogen and oxygen atoms in total. The molecule has 9 heavy (non-hydrogen) atoms. The standard InChI is InChI=1S/C6H8F2O/c7-6(8)4-5-2-1-3-9-5/h4-5H,1-3H2. The maximum Gasteiger partial charge on any atom is 0.268 e. The highest BCUT2D eigenvalue weighted by Crippen LogP contribution is 2.15. The molecule has 1 aliphatic rings. The molecule has 3 heteroatoms. The molecular formula is C6H8F2O. The lowest BCUT2D eigenvalue weighted by Gasteiger charge is -1.98. The van der Waals surface area contributed by atoms with E-state index >= 15 is 0 Å². The number of halogens is 2. The molecule has 1 heterocycles. The molecule has 0 aromatic heterocycles. The van der Waals surface area contributed by atoms with E-state index in [9.17, 15) is 8.78 Å². The molecule has 0 radical (unpaired) electrons. The Kier molecular flexibility index (Phi) is 2.16. The van der Waals surface area contributed by atoms with Crippen molar-refractivity contribution >= 4 is 0 Å². The molecule has 0 amide bonds. The van der Waals surface area contributed by atoms with Crippen molar-refractivity contribution in [1.29, 1.82) is 0 Å². The van der Waals surface area contributed by atoms with Crippen molar-refractivity contribution in [2.24, 2.45) is 0 Å². The fourth-order valence-corrected chi connectivity index (χ4v) is 0.875. The average Bonchev–Trinajstić information content (AvgIpc) is 2.15. The summed E-state index contributed by atoms with van der Waals surface area (Å²) in [6, 6.07) is 0. The Balaban J connectivity index is 2.35. The third kappa shape index (κ3) is 2.10. The van der Waals surface area contributed by atoms with Crippen LogP contribution in [-0.4, -0.2) is 12.7 Å². The van der Waals surface area contributed by atoms with E-state index < -0.39 is 6.08 Å². The Bertz CT molecular complexity index is 112. The van der Waals surface area contributed by atoms with Crippen molar-refractivity contribution in [3.8, 4) is 0 Å². The van der Waals surface area contributed by atoms with E-state index in [1.54, 1.807) is 0 Å². The molecule has 0 bridgehead atoms. The molecule has 52 valence electrons. The summed E-state index contributed by atoms with van der Waals surface area (Å²) in [7, 11) is 0. The molecule has 1 saturated heterocycles. The van der Waals surface area contributed by atoms with Crippen molar-refractivity contribution in [3.05, 3.63) is 12.2 Å². The highest BCUT2D eigenvalue weighted by molar-refractivity contribution is 4.90. The van der Waals surface area contributed by atoms with Gasteiger partial charge in [0.2, 0.25) is 0 Å². The van der Waals surface area contributed by atoms with E-state index in [2.05, 4.69) is 0 Å². The minimum atomic E-state index is -1.64. The molecule has 0 spiro atoms. The highest BCUT2D eigenvalue weighted by atomic mass is 19.3. The molecule has 0 N–H and O–H groups in total. The molecule has 1 aliphatic heterocycles. The Morgan fingerprint density at radius 3 is 2.78 bits per heavy atom. The zero-order chi connectivity index (χ0) is 6.69. The largest absolute Gasteiger partial charge is 0.374 e. The van der Waals surface area contributed by atoms with E-state index in [0.29, 0.717) is 6.61 Å². The minimum absolute atomic E-state index is 0.324. The molecule has 0 aliphatic carbocycles. The van der Waals surface area contributed by atoms with Gasteiger partial charge in [0.05, 0.1) is 6.10 Å². The summed E-state index contributed by atoms with van der Waals surface area (Å²) < 4.78 is 27.8. The van der Waals surface area contributed by atoms with E-state index in [-0.39, 0.29) is 6.10 Å². The molecule has 1 rings (SSSR count). The van der Waals surface area contributed by atoms with E-state index in [4.69, 9.17) is 4.74 Å². The maximum atomic E-state index is 11.5. The molecule has 1 atom stereocenters. The van der Waals surface area contributed by atoms with Crippen LogP contribution in [0.2, 0.25) is 0 Å². The second-order valence-electron chi connectivity index (χ2n) is 2.01. The van der Waals surface area contributed by atoms with Gasteiger partial charge in [-0.3, -0.25) is 0 Å². The van der Waals surface area contributed by atoms with Gasteiger partial charge in [-0.2, -0.15) is 8.78 Å². The van der Waals surface area contributed by atoms with Gasteiger partial charge >= 0.3 is 0 Å². The van der Waals surface area contributed by atoms with Gasteiger partial charge in [-0.1, -0.05) is 0 Å². The smallest absolute Gasteiger partial charge is 0.268 e. The Hall–Kier alpha value is -0.440. The zero-order valence-electron chi connectivity index (χ0n) is 4.94. The predicted octanol–water partition coefficient (Wildman–Crippen LogP) is 1.95.